The van der Waals surface area contributed by atoms with Crippen LogP contribution in [-0.2, 0) is 4.74 Å². The minimum absolute atomic E-state index is 0.422. The number of hydrogen-bond acceptors (Lipinski definition) is 1. The molecule has 1 aliphatic rings. The molecule has 0 aromatic carbocycles. The summed E-state index contributed by atoms with van der Waals surface area (Å²) in [6, 6.07) is 0. The van der Waals surface area contributed by atoms with Gasteiger partial charge in [-0.05, 0) is 19.8 Å². The van der Waals surface area contributed by atoms with Crippen LogP contribution in [0.4, 0.5) is 0 Å². The predicted molar refractivity (Wildman–Crippen MR) is 51.6 cm³/mol. The first-order chi connectivity index (χ1) is 4.80. The second kappa shape index (κ2) is 4.34. The van der Waals surface area contributed by atoms with Crippen LogP contribution >= 0.6 is 22.6 Å². The van der Waals surface area contributed by atoms with E-state index < -0.39 is 0 Å². The van der Waals surface area contributed by atoms with Crippen molar-refractivity contribution >= 4 is 22.6 Å². The molecule has 10 heavy (non-hydrogen) atoms. The van der Waals surface area contributed by atoms with E-state index in [4.69, 9.17) is 4.74 Å². The van der Waals surface area contributed by atoms with Crippen molar-refractivity contribution in [3.63, 3.8) is 0 Å². The molecule has 0 fully saturated rings. The molecule has 0 unspecified atom stereocenters. The molecule has 1 heterocycles. The highest BCUT2D eigenvalue weighted by molar-refractivity contribution is 14.1. The lowest BCUT2D eigenvalue weighted by atomic mass is 10.2. The third-order valence-electron chi connectivity index (χ3n) is 1.70. The number of rotatable bonds is 0. The molecule has 0 radical (unpaired) electrons. The molecule has 0 aromatic rings. The Morgan fingerprint density at radius 1 is 1.50 bits per heavy atom. The summed E-state index contributed by atoms with van der Waals surface area (Å²) >= 11 is 2.45. The van der Waals surface area contributed by atoms with Gasteiger partial charge in [0.2, 0.25) is 0 Å². The molecule has 0 bridgehead atoms. The highest BCUT2D eigenvalue weighted by Gasteiger charge is 2.13. The fourth-order valence-corrected chi connectivity index (χ4v) is 1.46. The van der Waals surface area contributed by atoms with Crippen LogP contribution < -0.4 is 0 Å². The average molecular weight is 252 g/mol. The van der Waals surface area contributed by atoms with E-state index in [-0.39, 0.29) is 0 Å². The number of alkyl halides is 1. The molecule has 0 aliphatic carbocycles. The van der Waals surface area contributed by atoms with Crippen LogP contribution in [-0.4, -0.2) is 16.6 Å². The van der Waals surface area contributed by atoms with Gasteiger partial charge in [-0.25, -0.2) is 0 Å². The van der Waals surface area contributed by atoms with Gasteiger partial charge in [0.25, 0.3) is 0 Å². The van der Waals surface area contributed by atoms with Gasteiger partial charge in [0.1, 0.15) is 0 Å². The Balaban J connectivity index is 2.41. The van der Waals surface area contributed by atoms with Gasteiger partial charge in [0, 0.05) is 3.92 Å². The Hall–Kier alpha value is 0.430. The standard InChI is InChI=1S/C8H13IO/c1-7-8(9)5-3-2-4-6-10-7/h2-3,7-8H,4-6H2,1H3/b3-2-/t7-,8-/m1/s1. The van der Waals surface area contributed by atoms with E-state index >= 15 is 0 Å². The van der Waals surface area contributed by atoms with E-state index in [9.17, 15) is 0 Å². The van der Waals surface area contributed by atoms with Gasteiger partial charge >= 0.3 is 0 Å². The largest absolute Gasteiger partial charge is 0.377 e. The van der Waals surface area contributed by atoms with Gasteiger partial charge in [-0.2, -0.15) is 0 Å². The monoisotopic (exact) mass is 252 g/mol. The lowest BCUT2D eigenvalue weighted by molar-refractivity contribution is 0.0694. The first kappa shape index (κ1) is 8.53. The molecular formula is C8H13IO. The summed E-state index contributed by atoms with van der Waals surface area (Å²) in [5.74, 6) is 0. The van der Waals surface area contributed by atoms with Crippen molar-refractivity contribution in [2.24, 2.45) is 0 Å². The number of hydrogen-bond donors (Lipinski definition) is 0. The van der Waals surface area contributed by atoms with Gasteiger partial charge in [0.05, 0.1) is 12.7 Å². The molecule has 1 aliphatic heterocycles. The fourth-order valence-electron chi connectivity index (χ4n) is 0.962. The molecule has 1 rings (SSSR count). The molecule has 0 aromatic heterocycles. The van der Waals surface area contributed by atoms with E-state index in [0.717, 1.165) is 19.4 Å². The molecule has 0 N–H and O–H groups in total. The summed E-state index contributed by atoms with van der Waals surface area (Å²) in [6.45, 7) is 3.04. The third-order valence-corrected chi connectivity index (χ3v) is 3.22. The number of ether oxygens (including phenoxy) is 1. The highest BCUT2D eigenvalue weighted by Crippen LogP contribution is 2.16. The van der Waals surface area contributed by atoms with Crippen LogP contribution in [0.3, 0.4) is 0 Å². The van der Waals surface area contributed by atoms with Crippen LogP contribution in [0.25, 0.3) is 0 Å². The Kier molecular flexibility index (Phi) is 3.70. The Morgan fingerprint density at radius 3 is 3.10 bits per heavy atom. The molecule has 0 saturated heterocycles. The fraction of sp³-hybridized carbons (Fsp3) is 0.750. The van der Waals surface area contributed by atoms with Crippen LogP contribution in [0.2, 0.25) is 0 Å². The molecule has 0 saturated carbocycles. The van der Waals surface area contributed by atoms with Crippen molar-refractivity contribution < 1.29 is 4.74 Å². The second-order valence-electron chi connectivity index (χ2n) is 2.59. The summed E-state index contributed by atoms with van der Waals surface area (Å²) in [5.41, 5.74) is 0. The van der Waals surface area contributed by atoms with E-state index in [1.165, 1.54) is 0 Å². The molecule has 1 nitrogen and oxygen atoms in total. The van der Waals surface area contributed by atoms with Crippen molar-refractivity contribution in [3.8, 4) is 0 Å². The average Bonchev–Trinajstić information content (AvgIpc) is 1.92. The van der Waals surface area contributed by atoms with Crippen molar-refractivity contribution in [3.05, 3.63) is 12.2 Å². The molecular weight excluding hydrogens is 239 g/mol. The highest BCUT2D eigenvalue weighted by atomic mass is 127. The summed E-state index contributed by atoms with van der Waals surface area (Å²) in [4.78, 5) is 0. The Morgan fingerprint density at radius 2 is 2.30 bits per heavy atom. The van der Waals surface area contributed by atoms with Crippen molar-refractivity contribution in [2.45, 2.75) is 29.8 Å². The van der Waals surface area contributed by atoms with Gasteiger partial charge in [-0.15, -0.1) is 0 Å². The maximum absolute atomic E-state index is 5.54. The van der Waals surface area contributed by atoms with Crippen molar-refractivity contribution in [2.75, 3.05) is 6.61 Å². The summed E-state index contributed by atoms with van der Waals surface area (Å²) in [5, 5.41) is 0. The number of halogens is 1. The predicted octanol–water partition coefficient (Wildman–Crippen LogP) is 2.55. The Bertz CT molecular complexity index is 122. The quantitative estimate of drug-likeness (QED) is 0.365. The normalized spacial score (nSPS) is 38.2. The first-order valence-electron chi connectivity index (χ1n) is 3.71. The van der Waals surface area contributed by atoms with Gasteiger partial charge < -0.3 is 4.74 Å². The SMILES string of the molecule is C[C@H]1OCC/C=C\C[C@H]1I. The van der Waals surface area contributed by atoms with E-state index in [1.54, 1.807) is 0 Å². The zero-order chi connectivity index (χ0) is 7.40. The van der Waals surface area contributed by atoms with Crippen molar-refractivity contribution in [1.82, 2.24) is 0 Å². The van der Waals surface area contributed by atoms with Crippen LogP contribution in [0.1, 0.15) is 19.8 Å². The van der Waals surface area contributed by atoms with E-state index in [1.807, 2.05) is 0 Å². The van der Waals surface area contributed by atoms with Gasteiger partial charge in [-0.3, -0.25) is 0 Å². The summed E-state index contributed by atoms with van der Waals surface area (Å²) in [6.07, 6.45) is 7.12. The van der Waals surface area contributed by atoms with Crippen molar-refractivity contribution in [1.29, 1.82) is 0 Å². The zero-order valence-corrected chi connectivity index (χ0v) is 8.37. The van der Waals surface area contributed by atoms with Gasteiger partial charge in [-0.1, -0.05) is 34.7 Å². The summed E-state index contributed by atoms with van der Waals surface area (Å²) in [7, 11) is 0. The molecule has 0 spiro atoms. The maximum atomic E-state index is 5.54. The van der Waals surface area contributed by atoms with E-state index in [0.29, 0.717) is 10.0 Å². The minimum atomic E-state index is 0.422. The summed E-state index contributed by atoms with van der Waals surface area (Å²) < 4.78 is 6.18. The third kappa shape index (κ3) is 2.58. The van der Waals surface area contributed by atoms with E-state index in [2.05, 4.69) is 41.7 Å². The molecule has 58 valence electrons. The lowest BCUT2D eigenvalue weighted by Crippen LogP contribution is -2.21. The molecule has 2 heteroatoms. The minimum Gasteiger partial charge on any atom is -0.377 e. The Labute approximate surface area is 76.0 Å². The number of allylic oxidation sites excluding steroid dienone is 1. The topological polar surface area (TPSA) is 9.23 Å². The van der Waals surface area contributed by atoms with Gasteiger partial charge in [0.15, 0.2) is 0 Å². The lowest BCUT2D eigenvalue weighted by Gasteiger charge is -2.19. The smallest absolute Gasteiger partial charge is 0.0667 e. The second-order valence-corrected chi connectivity index (χ2v) is 4.19. The maximum Gasteiger partial charge on any atom is 0.0667 e. The van der Waals surface area contributed by atoms with Crippen LogP contribution in [0, 0.1) is 0 Å². The molecule has 2 atom stereocenters. The molecule has 0 amide bonds. The zero-order valence-electron chi connectivity index (χ0n) is 6.22. The van der Waals surface area contributed by atoms with Crippen LogP contribution in [0.15, 0.2) is 12.2 Å². The first-order valence-corrected chi connectivity index (χ1v) is 4.96. The van der Waals surface area contributed by atoms with Crippen LogP contribution in [0.5, 0.6) is 0 Å².